The molecule has 12 nitrogen and oxygen atoms in total. The van der Waals surface area contributed by atoms with Crippen molar-refractivity contribution in [2.75, 3.05) is 6.61 Å². The van der Waals surface area contributed by atoms with Gasteiger partial charge in [-0.15, -0.1) is 0 Å². The average Bonchev–Trinajstić information content (AvgIpc) is 2.81. The third kappa shape index (κ3) is 5.74. The van der Waals surface area contributed by atoms with Crippen LogP contribution in [0.4, 0.5) is 0 Å². The molecule has 0 aliphatic carbocycles. The highest BCUT2D eigenvalue weighted by molar-refractivity contribution is 5.91. The van der Waals surface area contributed by atoms with Crippen molar-refractivity contribution in [2.45, 2.75) is 30.7 Å². The molecule has 1 fully saturated rings. The van der Waals surface area contributed by atoms with E-state index in [1.54, 1.807) is 12.1 Å². The van der Waals surface area contributed by atoms with Crippen molar-refractivity contribution >= 4 is 18.0 Å². The quantitative estimate of drug-likeness (QED) is 0.163. The zero-order chi connectivity index (χ0) is 25.0. The molecule has 1 heterocycles. The van der Waals surface area contributed by atoms with Gasteiger partial charge in [0, 0.05) is 6.08 Å². The van der Waals surface area contributed by atoms with Gasteiger partial charge in [0.2, 0.25) is 6.29 Å². The fourth-order valence-electron chi connectivity index (χ4n) is 3.01. The molecule has 0 spiro atoms. The van der Waals surface area contributed by atoms with Crippen LogP contribution in [-0.2, 0) is 19.0 Å². The van der Waals surface area contributed by atoms with Gasteiger partial charge in [-0.05, 0) is 35.9 Å². The molecule has 34 heavy (non-hydrogen) atoms. The molecule has 1 aliphatic rings. The molecule has 7 N–H and O–H groups in total. The minimum atomic E-state index is -1.88. The Morgan fingerprint density at radius 1 is 0.912 bits per heavy atom. The Morgan fingerprint density at radius 3 is 2.15 bits per heavy atom. The molecule has 2 aromatic carbocycles. The second-order valence-electron chi connectivity index (χ2n) is 7.34. The van der Waals surface area contributed by atoms with Crippen molar-refractivity contribution < 1.29 is 59.5 Å². The molecule has 3 rings (SSSR count). The third-order valence-electron chi connectivity index (χ3n) is 4.89. The number of carbonyl (C=O) groups is 2. The van der Waals surface area contributed by atoms with E-state index in [2.05, 4.69) is 0 Å². The minimum Gasteiger partial charge on any atom is -0.508 e. The van der Waals surface area contributed by atoms with Gasteiger partial charge in [-0.3, -0.25) is 0 Å². The molecule has 0 amide bonds. The average molecular weight is 478 g/mol. The fourth-order valence-corrected chi connectivity index (χ4v) is 3.01. The summed E-state index contributed by atoms with van der Waals surface area (Å²) in [5.41, 5.74) is 0.187. The first-order chi connectivity index (χ1) is 16.1. The lowest BCUT2D eigenvalue weighted by Crippen LogP contribution is -2.59. The number of phenolic OH excluding ortho intramolecular Hbond substituents is 4. The Balaban J connectivity index is 1.62. The number of carbonyl (C=O) groups excluding carboxylic acids is 2. The lowest BCUT2D eigenvalue weighted by atomic mass is 9.99. The predicted octanol–water partition coefficient (Wildman–Crippen LogP) is -0.270. The normalized spacial score (nSPS) is 24.6. The first-order valence-corrected chi connectivity index (χ1v) is 9.86. The summed E-state index contributed by atoms with van der Waals surface area (Å²) in [5.74, 6) is -4.45. The number of ether oxygens (including phenoxy) is 3. The van der Waals surface area contributed by atoms with Gasteiger partial charge in [-0.1, -0.05) is 12.1 Å². The summed E-state index contributed by atoms with van der Waals surface area (Å²) in [6.45, 7) is -0.571. The summed E-state index contributed by atoms with van der Waals surface area (Å²) in [4.78, 5) is 24.3. The maximum absolute atomic E-state index is 12.3. The predicted molar refractivity (Wildman–Crippen MR) is 112 cm³/mol. The number of esters is 2. The number of phenols is 4. The van der Waals surface area contributed by atoms with Crippen LogP contribution in [0.3, 0.4) is 0 Å². The largest absolute Gasteiger partial charge is 0.508 e. The first-order valence-electron chi connectivity index (χ1n) is 9.86. The number of hydrogen-bond acceptors (Lipinski definition) is 12. The lowest BCUT2D eigenvalue weighted by molar-refractivity contribution is -0.285. The van der Waals surface area contributed by atoms with Crippen molar-refractivity contribution in [1.82, 2.24) is 0 Å². The summed E-state index contributed by atoms with van der Waals surface area (Å²) in [6.07, 6.45) is -6.10. The molecule has 1 saturated heterocycles. The van der Waals surface area contributed by atoms with Gasteiger partial charge >= 0.3 is 11.9 Å². The number of aliphatic hydroxyl groups excluding tert-OH is 3. The van der Waals surface area contributed by atoms with Gasteiger partial charge in [-0.25, -0.2) is 9.59 Å². The van der Waals surface area contributed by atoms with Crippen LogP contribution in [0, 0.1) is 0 Å². The Bertz CT molecular complexity index is 1040. The number of benzene rings is 2. The molecule has 2 aromatic rings. The third-order valence-corrected chi connectivity index (χ3v) is 4.89. The van der Waals surface area contributed by atoms with Crippen LogP contribution in [0.25, 0.3) is 6.08 Å². The highest BCUT2D eigenvalue weighted by Gasteiger charge is 2.46. The summed E-state index contributed by atoms with van der Waals surface area (Å²) in [6, 6.07) is 7.53. The molecular weight excluding hydrogens is 456 g/mol. The van der Waals surface area contributed by atoms with E-state index < -0.39 is 72.1 Å². The lowest BCUT2D eigenvalue weighted by Gasteiger charge is -2.39. The second kappa shape index (κ2) is 10.4. The molecule has 1 aliphatic heterocycles. The van der Waals surface area contributed by atoms with Crippen LogP contribution in [0.15, 0.2) is 42.5 Å². The van der Waals surface area contributed by atoms with Crippen molar-refractivity contribution in [2.24, 2.45) is 0 Å². The zero-order valence-electron chi connectivity index (χ0n) is 17.4. The van der Waals surface area contributed by atoms with E-state index in [0.717, 1.165) is 18.2 Å². The van der Waals surface area contributed by atoms with E-state index in [-0.39, 0.29) is 5.75 Å². The molecule has 0 radical (unpaired) electrons. The Kier molecular flexibility index (Phi) is 7.58. The topological polar surface area (TPSA) is 203 Å². The fraction of sp³-hybridized carbons (Fsp3) is 0.273. The van der Waals surface area contributed by atoms with Crippen LogP contribution in [0.5, 0.6) is 23.0 Å². The summed E-state index contributed by atoms with van der Waals surface area (Å²) >= 11 is 0. The molecule has 12 heteroatoms. The molecule has 0 bridgehead atoms. The summed E-state index contributed by atoms with van der Waals surface area (Å²) in [5, 5.41) is 67.9. The Labute approximate surface area is 192 Å². The molecule has 0 saturated carbocycles. The van der Waals surface area contributed by atoms with Gasteiger partial charge in [0.25, 0.3) is 0 Å². The molecule has 5 atom stereocenters. The Morgan fingerprint density at radius 2 is 1.53 bits per heavy atom. The number of hydrogen-bond donors (Lipinski definition) is 7. The summed E-state index contributed by atoms with van der Waals surface area (Å²) in [7, 11) is 0. The molecule has 0 unspecified atom stereocenters. The van der Waals surface area contributed by atoms with Crippen LogP contribution in [0.2, 0.25) is 0 Å². The van der Waals surface area contributed by atoms with Crippen molar-refractivity contribution in [3.8, 4) is 23.0 Å². The van der Waals surface area contributed by atoms with Gasteiger partial charge < -0.3 is 50.0 Å². The smallest absolute Gasteiger partial charge is 0.340 e. The van der Waals surface area contributed by atoms with E-state index >= 15 is 0 Å². The van der Waals surface area contributed by atoms with Crippen molar-refractivity contribution in [3.05, 3.63) is 53.6 Å². The molecular formula is C22H22O12. The minimum absolute atomic E-state index is 0.0539. The SMILES string of the molecule is O=C(C=Cc1ccc(O)cc1)OC[C@@H]1O[C@@H](OC(=O)c2cc(O)c(O)c(O)c2)[C@H](O)[C@H](O)[C@H]1O. The van der Waals surface area contributed by atoms with Crippen molar-refractivity contribution in [1.29, 1.82) is 0 Å². The van der Waals surface area contributed by atoms with Crippen molar-refractivity contribution in [3.63, 3.8) is 0 Å². The highest BCUT2D eigenvalue weighted by Crippen LogP contribution is 2.36. The summed E-state index contributed by atoms with van der Waals surface area (Å²) < 4.78 is 15.2. The van der Waals surface area contributed by atoms with E-state index in [1.807, 2.05) is 0 Å². The van der Waals surface area contributed by atoms with Crippen LogP contribution in [-0.4, -0.2) is 85.0 Å². The number of rotatable bonds is 6. The van der Waals surface area contributed by atoms with E-state index in [1.165, 1.54) is 18.2 Å². The van der Waals surface area contributed by atoms with E-state index in [4.69, 9.17) is 14.2 Å². The van der Waals surface area contributed by atoms with Gasteiger partial charge in [-0.2, -0.15) is 0 Å². The zero-order valence-corrected chi connectivity index (χ0v) is 17.4. The highest BCUT2D eigenvalue weighted by atomic mass is 16.7. The van der Waals surface area contributed by atoms with Gasteiger partial charge in [0.15, 0.2) is 17.2 Å². The monoisotopic (exact) mass is 478 g/mol. The van der Waals surface area contributed by atoms with E-state index in [0.29, 0.717) is 5.56 Å². The number of aliphatic hydroxyl groups is 3. The van der Waals surface area contributed by atoms with Gasteiger partial charge in [0.05, 0.1) is 5.56 Å². The first kappa shape index (κ1) is 24.8. The van der Waals surface area contributed by atoms with Crippen LogP contribution in [0.1, 0.15) is 15.9 Å². The molecule has 182 valence electrons. The van der Waals surface area contributed by atoms with Gasteiger partial charge in [0.1, 0.15) is 36.8 Å². The maximum Gasteiger partial charge on any atom is 0.340 e. The molecule has 0 aromatic heterocycles. The number of aromatic hydroxyl groups is 4. The maximum atomic E-state index is 12.3. The van der Waals surface area contributed by atoms with Crippen LogP contribution >= 0.6 is 0 Å². The van der Waals surface area contributed by atoms with Crippen LogP contribution < -0.4 is 0 Å². The van der Waals surface area contributed by atoms with E-state index in [9.17, 15) is 45.3 Å². The standard InChI is InChI=1S/C22H22O12/c23-12-4-1-10(2-5-12)3-6-16(26)32-9-15-18(28)19(29)20(30)22(33-15)34-21(31)11-7-13(24)17(27)14(25)8-11/h1-8,15,18-20,22-25,27-30H,9H2/t15-,18-,19+,20+,22-/m0/s1. The second-order valence-corrected chi connectivity index (χ2v) is 7.34. The Hall–Kier alpha value is -3.84.